The van der Waals surface area contributed by atoms with Crippen molar-refractivity contribution in [2.45, 2.75) is 45.6 Å². The summed E-state index contributed by atoms with van der Waals surface area (Å²) in [7, 11) is 1.94. The zero-order valence-electron chi connectivity index (χ0n) is 10.3. The largest absolute Gasteiger partial charge is 0.314 e. The summed E-state index contributed by atoms with van der Waals surface area (Å²) in [6.45, 7) is 5.42. The molecule has 1 rings (SSSR count). The lowest BCUT2D eigenvalue weighted by Crippen LogP contribution is -2.29. The van der Waals surface area contributed by atoms with Gasteiger partial charge in [-0.2, -0.15) is 0 Å². The lowest BCUT2D eigenvalue weighted by Gasteiger charge is -2.16. The van der Waals surface area contributed by atoms with Gasteiger partial charge in [0, 0.05) is 13.1 Å². The molecule has 4 nitrogen and oxygen atoms in total. The number of aromatic nitrogens is 3. The van der Waals surface area contributed by atoms with E-state index < -0.39 is 0 Å². The maximum absolute atomic E-state index is 4.00. The average molecular weight is 289 g/mol. The van der Waals surface area contributed by atoms with Crippen LogP contribution in [0.4, 0.5) is 0 Å². The normalized spacial score (nSPS) is 13.0. The third-order valence-electron chi connectivity index (χ3n) is 2.75. The van der Waals surface area contributed by atoms with E-state index >= 15 is 0 Å². The first-order chi connectivity index (χ1) is 7.69. The van der Waals surface area contributed by atoms with Gasteiger partial charge in [-0.3, -0.25) is 4.68 Å². The van der Waals surface area contributed by atoms with E-state index in [1.54, 1.807) is 0 Å². The molecule has 92 valence electrons. The SMILES string of the molecule is CCCC(CCc1c(Br)nnn1C)NCC. The number of nitrogens with one attached hydrogen (secondary N) is 1. The first-order valence-electron chi connectivity index (χ1n) is 5.96. The number of hydrogen-bond acceptors (Lipinski definition) is 3. The van der Waals surface area contributed by atoms with Gasteiger partial charge < -0.3 is 5.32 Å². The van der Waals surface area contributed by atoms with Gasteiger partial charge >= 0.3 is 0 Å². The van der Waals surface area contributed by atoms with Crippen LogP contribution in [0.5, 0.6) is 0 Å². The Morgan fingerprint density at radius 3 is 2.62 bits per heavy atom. The van der Waals surface area contributed by atoms with Gasteiger partial charge in [-0.15, -0.1) is 5.10 Å². The minimum Gasteiger partial charge on any atom is -0.314 e. The van der Waals surface area contributed by atoms with Crippen LogP contribution in [0.2, 0.25) is 0 Å². The average Bonchev–Trinajstić information content (AvgIpc) is 2.56. The molecule has 0 aliphatic carbocycles. The van der Waals surface area contributed by atoms with E-state index in [4.69, 9.17) is 0 Å². The molecule has 1 atom stereocenters. The van der Waals surface area contributed by atoms with Crippen molar-refractivity contribution < 1.29 is 0 Å². The maximum atomic E-state index is 4.00. The zero-order valence-corrected chi connectivity index (χ0v) is 11.9. The summed E-state index contributed by atoms with van der Waals surface area (Å²) in [5.41, 5.74) is 1.18. The highest BCUT2D eigenvalue weighted by molar-refractivity contribution is 9.10. The second-order valence-electron chi connectivity index (χ2n) is 4.03. The molecule has 1 aromatic rings. The Bertz CT molecular complexity index is 285. The molecule has 5 heteroatoms. The fourth-order valence-corrected chi connectivity index (χ4v) is 2.44. The molecule has 1 heterocycles. The van der Waals surface area contributed by atoms with Gasteiger partial charge in [-0.1, -0.05) is 25.5 Å². The van der Waals surface area contributed by atoms with Crippen molar-refractivity contribution in [1.29, 1.82) is 0 Å². The summed E-state index contributed by atoms with van der Waals surface area (Å²) in [4.78, 5) is 0. The van der Waals surface area contributed by atoms with Gasteiger partial charge in [0.15, 0.2) is 4.60 Å². The molecule has 0 bridgehead atoms. The van der Waals surface area contributed by atoms with Gasteiger partial charge in [0.2, 0.25) is 0 Å². The standard InChI is InChI=1S/C11H21BrN4/c1-4-6-9(13-5-2)7-8-10-11(12)14-15-16(10)3/h9,13H,4-8H2,1-3H3. The second kappa shape index (κ2) is 7.01. The first kappa shape index (κ1) is 13.6. The quantitative estimate of drug-likeness (QED) is 0.837. The van der Waals surface area contributed by atoms with Crippen molar-refractivity contribution >= 4 is 15.9 Å². The molecule has 0 saturated heterocycles. The van der Waals surface area contributed by atoms with Crippen molar-refractivity contribution in [3.8, 4) is 0 Å². The number of rotatable bonds is 7. The van der Waals surface area contributed by atoms with Crippen LogP contribution in [-0.4, -0.2) is 27.6 Å². The van der Waals surface area contributed by atoms with E-state index in [0.717, 1.165) is 24.0 Å². The molecular formula is C11H21BrN4. The van der Waals surface area contributed by atoms with Gasteiger partial charge in [0.25, 0.3) is 0 Å². The molecule has 0 radical (unpaired) electrons. The Morgan fingerprint density at radius 2 is 2.12 bits per heavy atom. The minimum atomic E-state index is 0.608. The Hall–Kier alpha value is -0.420. The molecule has 0 aliphatic heterocycles. The predicted molar refractivity (Wildman–Crippen MR) is 69.4 cm³/mol. The molecule has 1 unspecified atom stereocenters. The number of hydrogen-bond donors (Lipinski definition) is 1. The van der Waals surface area contributed by atoms with Crippen LogP contribution in [0.25, 0.3) is 0 Å². The van der Waals surface area contributed by atoms with Gasteiger partial charge in [-0.25, -0.2) is 0 Å². The molecule has 16 heavy (non-hydrogen) atoms. The number of halogens is 1. The molecule has 0 aliphatic rings. The molecule has 0 saturated carbocycles. The summed E-state index contributed by atoms with van der Waals surface area (Å²) in [5, 5.41) is 11.5. The van der Waals surface area contributed by atoms with Crippen LogP contribution in [0.3, 0.4) is 0 Å². The van der Waals surface area contributed by atoms with Crippen molar-refractivity contribution in [3.05, 3.63) is 10.3 Å². The minimum absolute atomic E-state index is 0.608. The summed E-state index contributed by atoms with van der Waals surface area (Å²) < 4.78 is 2.72. The monoisotopic (exact) mass is 288 g/mol. The van der Waals surface area contributed by atoms with Crippen LogP contribution in [-0.2, 0) is 13.5 Å². The van der Waals surface area contributed by atoms with Crippen LogP contribution < -0.4 is 5.32 Å². The van der Waals surface area contributed by atoms with E-state index in [0.29, 0.717) is 6.04 Å². The summed E-state index contributed by atoms with van der Waals surface area (Å²) in [5.74, 6) is 0. The zero-order chi connectivity index (χ0) is 12.0. The van der Waals surface area contributed by atoms with E-state index in [9.17, 15) is 0 Å². The molecule has 0 amide bonds. The molecule has 1 aromatic heterocycles. The van der Waals surface area contributed by atoms with E-state index in [-0.39, 0.29) is 0 Å². The Balaban J connectivity index is 2.48. The number of nitrogens with zero attached hydrogens (tertiary/aromatic N) is 3. The molecule has 0 aromatic carbocycles. The fourth-order valence-electron chi connectivity index (χ4n) is 1.91. The molecule has 1 N–H and O–H groups in total. The number of aryl methyl sites for hydroxylation is 1. The van der Waals surface area contributed by atoms with E-state index in [1.807, 2.05) is 11.7 Å². The molecule has 0 spiro atoms. The van der Waals surface area contributed by atoms with Crippen LogP contribution in [0, 0.1) is 0 Å². The Kier molecular flexibility index (Phi) is 5.98. The van der Waals surface area contributed by atoms with Crippen molar-refractivity contribution in [2.75, 3.05) is 6.54 Å². The second-order valence-corrected chi connectivity index (χ2v) is 4.78. The highest BCUT2D eigenvalue weighted by atomic mass is 79.9. The highest BCUT2D eigenvalue weighted by Crippen LogP contribution is 2.15. The summed E-state index contributed by atoms with van der Waals surface area (Å²) in [6, 6.07) is 0.608. The van der Waals surface area contributed by atoms with E-state index in [2.05, 4.69) is 45.4 Å². The van der Waals surface area contributed by atoms with Gasteiger partial charge in [0.1, 0.15) is 0 Å². The highest BCUT2D eigenvalue weighted by Gasteiger charge is 2.11. The van der Waals surface area contributed by atoms with Crippen molar-refractivity contribution in [3.63, 3.8) is 0 Å². The van der Waals surface area contributed by atoms with Crippen LogP contribution in [0.15, 0.2) is 4.60 Å². The lowest BCUT2D eigenvalue weighted by atomic mass is 10.1. The van der Waals surface area contributed by atoms with Gasteiger partial charge in [-0.05, 0) is 41.7 Å². The summed E-state index contributed by atoms with van der Waals surface area (Å²) >= 11 is 3.43. The van der Waals surface area contributed by atoms with Crippen LogP contribution >= 0.6 is 15.9 Å². The van der Waals surface area contributed by atoms with Crippen LogP contribution in [0.1, 0.15) is 38.8 Å². The topological polar surface area (TPSA) is 42.7 Å². The van der Waals surface area contributed by atoms with E-state index in [1.165, 1.54) is 18.5 Å². The smallest absolute Gasteiger partial charge is 0.151 e. The third kappa shape index (κ3) is 3.87. The lowest BCUT2D eigenvalue weighted by molar-refractivity contribution is 0.454. The maximum Gasteiger partial charge on any atom is 0.151 e. The fraction of sp³-hybridized carbons (Fsp3) is 0.818. The first-order valence-corrected chi connectivity index (χ1v) is 6.75. The third-order valence-corrected chi connectivity index (χ3v) is 3.37. The summed E-state index contributed by atoms with van der Waals surface area (Å²) in [6.07, 6.45) is 4.61. The predicted octanol–water partition coefficient (Wildman–Crippen LogP) is 2.29. The van der Waals surface area contributed by atoms with Crippen molar-refractivity contribution in [2.24, 2.45) is 7.05 Å². The van der Waals surface area contributed by atoms with Crippen molar-refractivity contribution in [1.82, 2.24) is 20.3 Å². The molecule has 0 fully saturated rings. The Labute approximate surface area is 106 Å². The Morgan fingerprint density at radius 1 is 1.38 bits per heavy atom. The van der Waals surface area contributed by atoms with Gasteiger partial charge in [0.05, 0.1) is 5.69 Å². The molecular weight excluding hydrogens is 268 g/mol.